The van der Waals surface area contributed by atoms with Crippen LogP contribution in [0.25, 0.3) is 11.3 Å². The van der Waals surface area contributed by atoms with Crippen LogP contribution in [-0.4, -0.2) is 68.8 Å². The molecule has 3 aromatic rings. The van der Waals surface area contributed by atoms with Gasteiger partial charge in [0.05, 0.1) is 12.2 Å². The second kappa shape index (κ2) is 9.12. The summed E-state index contributed by atoms with van der Waals surface area (Å²) >= 11 is 0. The summed E-state index contributed by atoms with van der Waals surface area (Å²) in [6, 6.07) is 6.64. The second-order valence-electron chi connectivity index (χ2n) is 7.64. The molecule has 1 aromatic carbocycles. The minimum Gasteiger partial charge on any atom is -0.368 e. The molecule has 0 bridgehead atoms. The normalized spacial score (nSPS) is 14.4. The highest BCUT2D eigenvalue weighted by Gasteiger charge is 2.21. The third-order valence-corrected chi connectivity index (χ3v) is 5.40. The first kappa shape index (κ1) is 21.4. The Bertz CT molecular complexity index is 1150. The lowest BCUT2D eigenvalue weighted by Gasteiger charge is -2.33. The van der Waals surface area contributed by atoms with E-state index < -0.39 is 5.91 Å². The number of nitrogens with zero attached hydrogens (tertiary/aromatic N) is 6. The number of hydrogen-bond donors (Lipinski definition) is 3. The van der Waals surface area contributed by atoms with Crippen molar-refractivity contribution < 1.29 is 10.0 Å². The molecule has 166 valence electrons. The molecule has 0 aliphatic carbocycles. The van der Waals surface area contributed by atoms with E-state index in [1.54, 1.807) is 52.9 Å². The Morgan fingerprint density at radius 2 is 1.78 bits per heavy atom. The third-order valence-electron chi connectivity index (χ3n) is 5.40. The number of rotatable bonds is 5. The molecule has 0 atom stereocenters. The maximum atomic E-state index is 13.3. The van der Waals surface area contributed by atoms with E-state index in [9.17, 15) is 9.59 Å². The predicted octanol–water partition coefficient (Wildman–Crippen LogP) is 0.202. The average Bonchev–Trinajstić information content (AvgIpc) is 2.81. The van der Waals surface area contributed by atoms with Crippen LogP contribution in [0.1, 0.15) is 15.9 Å². The maximum Gasteiger partial charge on any atom is 0.293 e. The van der Waals surface area contributed by atoms with Crippen molar-refractivity contribution in [1.29, 1.82) is 0 Å². The molecule has 11 heteroatoms. The summed E-state index contributed by atoms with van der Waals surface area (Å²) in [4.78, 5) is 41.8. The van der Waals surface area contributed by atoms with Crippen LogP contribution in [0.5, 0.6) is 0 Å². The Balaban J connectivity index is 1.72. The lowest BCUT2D eigenvalue weighted by atomic mass is 10.1. The summed E-state index contributed by atoms with van der Waals surface area (Å²) in [6.45, 7) is 3.36. The number of nitrogen functional groups attached to an aromatic ring is 1. The van der Waals surface area contributed by atoms with Gasteiger partial charge in [-0.1, -0.05) is 12.1 Å². The molecule has 1 saturated heterocycles. The zero-order valence-electron chi connectivity index (χ0n) is 17.6. The van der Waals surface area contributed by atoms with E-state index >= 15 is 0 Å². The Labute approximate surface area is 184 Å². The molecule has 1 aliphatic heterocycles. The number of anilines is 2. The molecule has 1 aliphatic rings. The molecule has 32 heavy (non-hydrogen) atoms. The number of aromatic nitrogens is 4. The number of likely N-dealkylation sites (N-methyl/N-ethyl adjacent to an activating group) is 1. The highest BCUT2D eigenvalue weighted by Crippen LogP contribution is 2.19. The number of hydroxylamine groups is 1. The Morgan fingerprint density at radius 1 is 1.12 bits per heavy atom. The molecular weight excluding hydrogens is 412 g/mol. The number of hydrogen-bond acceptors (Lipinski definition) is 9. The average molecular weight is 436 g/mol. The van der Waals surface area contributed by atoms with E-state index in [1.165, 1.54) is 0 Å². The number of carbonyl (C=O) groups excluding carboxylic acids is 1. The Kier molecular flexibility index (Phi) is 6.10. The number of nitrogens with two attached hydrogens (primary N) is 1. The van der Waals surface area contributed by atoms with Crippen LogP contribution in [0.3, 0.4) is 0 Å². The number of nitrogens with one attached hydrogen (secondary N) is 1. The summed E-state index contributed by atoms with van der Waals surface area (Å²) in [7, 11) is 2.05. The van der Waals surface area contributed by atoms with Crippen LogP contribution in [0.2, 0.25) is 0 Å². The number of piperazine rings is 1. The van der Waals surface area contributed by atoms with E-state index in [0.29, 0.717) is 35.7 Å². The largest absolute Gasteiger partial charge is 0.368 e. The molecule has 0 spiro atoms. The molecule has 0 saturated carbocycles. The fourth-order valence-electron chi connectivity index (χ4n) is 3.50. The van der Waals surface area contributed by atoms with Gasteiger partial charge in [0.15, 0.2) is 5.82 Å². The van der Waals surface area contributed by atoms with Crippen molar-refractivity contribution >= 4 is 17.7 Å². The smallest absolute Gasteiger partial charge is 0.293 e. The SMILES string of the molecule is CN1CCN(c2nc(-c3cnc(N)nc3)cn(Cc3ccc(C(=O)NO)cc3)c2=O)CC1. The lowest BCUT2D eigenvalue weighted by Crippen LogP contribution is -2.47. The van der Waals surface area contributed by atoms with Crippen molar-refractivity contribution in [3.05, 3.63) is 64.3 Å². The van der Waals surface area contributed by atoms with E-state index in [1.807, 2.05) is 11.9 Å². The van der Waals surface area contributed by atoms with Gasteiger partial charge in [0, 0.05) is 55.9 Å². The van der Waals surface area contributed by atoms with Gasteiger partial charge < -0.3 is 20.1 Å². The van der Waals surface area contributed by atoms with Crippen LogP contribution >= 0.6 is 0 Å². The molecule has 3 heterocycles. The van der Waals surface area contributed by atoms with Crippen LogP contribution < -0.4 is 21.7 Å². The van der Waals surface area contributed by atoms with Crippen molar-refractivity contribution in [1.82, 2.24) is 29.9 Å². The van der Waals surface area contributed by atoms with Crippen LogP contribution in [0.15, 0.2) is 47.7 Å². The zero-order valence-corrected chi connectivity index (χ0v) is 17.6. The van der Waals surface area contributed by atoms with E-state index in [0.717, 1.165) is 18.7 Å². The van der Waals surface area contributed by atoms with Crippen LogP contribution in [0, 0.1) is 0 Å². The molecule has 4 rings (SSSR count). The molecule has 1 amide bonds. The van der Waals surface area contributed by atoms with Gasteiger partial charge in [-0.2, -0.15) is 0 Å². The summed E-state index contributed by atoms with van der Waals surface area (Å²) in [5.74, 6) is -0.0577. The van der Waals surface area contributed by atoms with Gasteiger partial charge in [-0.05, 0) is 24.7 Å². The van der Waals surface area contributed by atoms with Crippen molar-refractivity contribution in [2.24, 2.45) is 0 Å². The quantitative estimate of drug-likeness (QED) is 0.377. The molecule has 4 N–H and O–H groups in total. The second-order valence-corrected chi connectivity index (χ2v) is 7.64. The van der Waals surface area contributed by atoms with Gasteiger partial charge >= 0.3 is 0 Å². The minimum absolute atomic E-state index is 0.161. The molecule has 11 nitrogen and oxygen atoms in total. The molecule has 0 radical (unpaired) electrons. The maximum absolute atomic E-state index is 13.3. The minimum atomic E-state index is -0.597. The summed E-state index contributed by atoms with van der Waals surface area (Å²) in [6.07, 6.45) is 4.83. The molecule has 0 unspecified atom stereocenters. The fraction of sp³-hybridized carbons (Fsp3) is 0.286. The van der Waals surface area contributed by atoms with Crippen LogP contribution in [0.4, 0.5) is 11.8 Å². The number of amides is 1. The summed E-state index contributed by atoms with van der Waals surface area (Å²) in [5, 5.41) is 8.78. The summed E-state index contributed by atoms with van der Waals surface area (Å²) < 4.78 is 1.59. The van der Waals surface area contributed by atoms with Crippen molar-refractivity contribution in [3.8, 4) is 11.3 Å². The monoisotopic (exact) mass is 436 g/mol. The highest BCUT2D eigenvalue weighted by atomic mass is 16.5. The number of carbonyl (C=O) groups is 1. The van der Waals surface area contributed by atoms with Gasteiger partial charge in [0.1, 0.15) is 0 Å². The first-order valence-electron chi connectivity index (χ1n) is 10.1. The third kappa shape index (κ3) is 4.58. The standard InChI is InChI=1S/C21H24N8O3/c1-27-6-8-28(9-7-27)18-20(31)29(12-14-2-4-15(5-3-14)19(30)26-32)13-17(25-18)16-10-23-21(22)24-11-16/h2-5,10-11,13,32H,6-9,12H2,1H3,(H,26,30)(H2,22,23,24). The van der Waals surface area contributed by atoms with E-state index in [4.69, 9.17) is 10.9 Å². The first-order chi connectivity index (χ1) is 15.4. The molecule has 1 fully saturated rings. The van der Waals surface area contributed by atoms with Gasteiger partial charge in [-0.15, -0.1) is 0 Å². The highest BCUT2D eigenvalue weighted by molar-refractivity contribution is 5.93. The van der Waals surface area contributed by atoms with Gasteiger partial charge in [0.2, 0.25) is 5.95 Å². The predicted molar refractivity (Wildman–Crippen MR) is 118 cm³/mol. The Hall–Kier alpha value is -3.83. The molecule has 2 aromatic heterocycles. The summed E-state index contributed by atoms with van der Waals surface area (Å²) in [5.41, 5.74) is 9.36. The number of benzene rings is 1. The van der Waals surface area contributed by atoms with Crippen LogP contribution in [-0.2, 0) is 6.54 Å². The Morgan fingerprint density at radius 3 is 2.41 bits per heavy atom. The molecular formula is C21H24N8O3. The topological polar surface area (TPSA) is 142 Å². The van der Waals surface area contributed by atoms with E-state index in [-0.39, 0.29) is 18.1 Å². The van der Waals surface area contributed by atoms with Gasteiger partial charge in [-0.25, -0.2) is 20.4 Å². The van der Waals surface area contributed by atoms with E-state index in [2.05, 4.69) is 19.9 Å². The van der Waals surface area contributed by atoms with Gasteiger partial charge in [0.25, 0.3) is 11.5 Å². The van der Waals surface area contributed by atoms with Crippen molar-refractivity contribution in [2.75, 3.05) is 43.9 Å². The zero-order chi connectivity index (χ0) is 22.7. The lowest BCUT2D eigenvalue weighted by molar-refractivity contribution is 0.0706. The first-order valence-corrected chi connectivity index (χ1v) is 10.1. The fourth-order valence-corrected chi connectivity index (χ4v) is 3.50. The van der Waals surface area contributed by atoms with Crippen molar-refractivity contribution in [3.63, 3.8) is 0 Å². The van der Waals surface area contributed by atoms with Gasteiger partial charge in [-0.3, -0.25) is 14.8 Å². The van der Waals surface area contributed by atoms with Crippen molar-refractivity contribution in [2.45, 2.75) is 6.54 Å².